The first kappa shape index (κ1) is 22.0. The van der Waals surface area contributed by atoms with E-state index < -0.39 is 0 Å². The molecule has 166 valence electrons. The van der Waals surface area contributed by atoms with Crippen LogP contribution in [-0.4, -0.2) is 39.6 Å². The van der Waals surface area contributed by atoms with Crippen molar-refractivity contribution in [2.75, 3.05) is 13.1 Å². The summed E-state index contributed by atoms with van der Waals surface area (Å²) >= 11 is 3.49. The smallest absolute Gasteiger partial charge is 0.275 e. The lowest BCUT2D eigenvalue weighted by Crippen LogP contribution is -2.38. The zero-order valence-corrected chi connectivity index (χ0v) is 19.3. The van der Waals surface area contributed by atoms with E-state index in [1.54, 1.807) is 28.8 Å². The van der Waals surface area contributed by atoms with Gasteiger partial charge in [-0.1, -0.05) is 28.1 Å². The number of fused-ring (bicyclic) bond motifs is 3. The second-order valence-electron chi connectivity index (χ2n) is 7.56. The lowest BCUT2D eigenvalue weighted by atomic mass is 10.0. The number of carbonyl (C=O) groups is 2. The summed E-state index contributed by atoms with van der Waals surface area (Å²) in [6.07, 6.45) is 0. The van der Waals surface area contributed by atoms with Gasteiger partial charge in [-0.2, -0.15) is 5.10 Å². The van der Waals surface area contributed by atoms with Crippen LogP contribution in [0.2, 0.25) is 0 Å². The van der Waals surface area contributed by atoms with E-state index in [9.17, 15) is 14.0 Å². The van der Waals surface area contributed by atoms with Gasteiger partial charge in [-0.15, -0.1) is 0 Å². The molecule has 0 saturated heterocycles. The molecule has 0 fully saturated rings. The molecule has 1 aromatic heterocycles. The van der Waals surface area contributed by atoms with Gasteiger partial charge in [-0.05, 0) is 35.9 Å². The molecule has 7 nitrogen and oxygen atoms in total. The Labute approximate surface area is 193 Å². The number of ether oxygens (including phenoxy) is 1. The molecule has 0 radical (unpaired) electrons. The Bertz CT molecular complexity index is 1180. The minimum absolute atomic E-state index is 0.176. The lowest BCUT2D eigenvalue weighted by molar-refractivity contribution is -0.119. The summed E-state index contributed by atoms with van der Waals surface area (Å²) in [4.78, 5) is 26.5. The Morgan fingerprint density at radius 3 is 2.72 bits per heavy atom. The number of carbonyl (C=O) groups excluding carboxylic acids is 2. The molecular weight excluding hydrogens is 479 g/mol. The van der Waals surface area contributed by atoms with E-state index in [0.29, 0.717) is 17.8 Å². The van der Waals surface area contributed by atoms with Crippen molar-refractivity contribution < 1.29 is 18.7 Å². The Morgan fingerprint density at radius 2 is 2.00 bits per heavy atom. The summed E-state index contributed by atoms with van der Waals surface area (Å²) in [7, 11) is 1.80. The molecule has 0 unspecified atom stereocenters. The molecule has 0 atom stereocenters. The topological polar surface area (TPSA) is 76.5 Å². The van der Waals surface area contributed by atoms with Gasteiger partial charge in [-0.3, -0.25) is 14.3 Å². The summed E-state index contributed by atoms with van der Waals surface area (Å²) in [5.41, 5.74) is 3.49. The van der Waals surface area contributed by atoms with Crippen molar-refractivity contribution in [1.29, 1.82) is 0 Å². The normalized spacial score (nSPS) is 11.9. The van der Waals surface area contributed by atoms with Crippen molar-refractivity contribution in [3.8, 4) is 17.0 Å². The zero-order valence-electron chi connectivity index (χ0n) is 17.7. The van der Waals surface area contributed by atoms with Gasteiger partial charge in [0.1, 0.15) is 18.2 Å². The molecule has 4 rings (SSSR count). The molecule has 1 N–H and O–H groups in total. The Balaban J connectivity index is 1.67. The monoisotopic (exact) mass is 500 g/mol. The van der Waals surface area contributed by atoms with E-state index >= 15 is 0 Å². The third kappa shape index (κ3) is 4.52. The summed E-state index contributed by atoms with van der Waals surface area (Å²) in [5.74, 6) is -0.0641. The largest absolute Gasteiger partial charge is 0.488 e. The molecule has 0 bridgehead atoms. The first-order chi connectivity index (χ1) is 15.3. The molecule has 0 spiro atoms. The molecule has 9 heteroatoms. The van der Waals surface area contributed by atoms with Crippen molar-refractivity contribution in [2.45, 2.75) is 20.1 Å². The number of hydrogen-bond acceptors (Lipinski definition) is 4. The highest BCUT2D eigenvalue weighted by molar-refractivity contribution is 9.10. The third-order valence-electron chi connectivity index (χ3n) is 5.25. The maximum absolute atomic E-state index is 13.6. The predicted molar refractivity (Wildman–Crippen MR) is 121 cm³/mol. The van der Waals surface area contributed by atoms with Crippen molar-refractivity contribution in [1.82, 2.24) is 20.0 Å². The molecule has 1 aliphatic rings. The van der Waals surface area contributed by atoms with Crippen LogP contribution in [0.15, 0.2) is 46.9 Å². The van der Waals surface area contributed by atoms with E-state index in [-0.39, 0.29) is 37.3 Å². The SMILES string of the molecule is CC(=O)NCCN(Cc1ccc(F)cc1)C(=O)c1nn(C)c2c1COc1ccc(Br)cc1-2. The first-order valence-corrected chi connectivity index (χ1v) is 10.9. The second kappa shape index (κ2) is 9.12. The predicted octanol–water partition coefficient (Wildman–Crippen LogP) is 3.66. The second-order valence-corrected chi connectivity index (χ2v) is 8.48. The van der Waals surface area contributed by atoms with Gasteiger partial charge in [0, 0.05) is 49.2 Å². The maximum atomic E-state index is 13.6. The van der Waals surface area contributed by atoms with Crippen LogP contribution in [0.1, 0.15) is 28.5 Å². The average Bonchev–Trinajstić information content (AvgIpc) is 3.10. The van der Waals surface area contributed by atoms with Crippen LogP contribution in [0.4, 0.5) is 4.39 Å². The number of hydrogen-bond donors (Lipinski definition) is 1. The average molecular weight is 501 g/mol. The van der Waals surface area contributed by atoms with E-state index in [0.717, 1.165) is 27.0 Å². The van der Waals surface area contributed by atoms with Gasteiger partial charge in [0.2, 0.25) is 5.91 Å². The molecule has 2 aromatic carbocycles. The number of halogens is 2. The van der Waals surface area contributed by atoms with Gasteiger partial charge in [0.25, 0.3) is 5.91 Å². The van der Waals surface area contributed by atoms with Gasteiger partial charge in [-0.25, -0.2) is 4.39 Å². The lowest BCUT2D eigenvalue weighted by Gasteiger charge is -2.23. The number of aryl methyl sites for hydroxylation is 1. The van der Waals surface area contributed by atoms with E-state index in [1.165, 1.54) is 19.1 Å². The van der Waals surface area contributed by atoms with Crippen LogP contribution in [-0.2, 0) is 25.0 Å². The number of nitrogens with zero attached hydrogens (tertiary/aromatic N) is 3. The summed E-state index contributed by atoms with van der Waals surface area (Å²) in [5, 5.41) is 7.24. The molecule has 0 saturated carbocycles. The van der Waals surface area contributed by atoms with Gasteiger partial charge in [0.05, 0.1) is 5.69 Å². The van der Waals surface area contributed by atoms with Crippen molar-refractivity contribution >= 4 is 27.7 Å². The number of aromatic nitrogens is 2. The molecule has 1 aliphatic heterocycles. The van der Waals surface area contributed by atoms with Crippen LogP contribution in [0.3, 0.4) is 0 Å². The van der Waals surface area contributed by atoms with Gasteiger partial charge in [0.15, 0.2) is 5.69 Å². The Kier molecular flexibility index (Phi) is 6.27. The fourth-order valence-corrected chi connectivity index (χ4v) is 4.12. The Hall–Kier alpha value is -3.20. The fourth-order valence-electron chi connectivity index (χ4n) is 3.76. The van der Waals surface area contributed by atoms with E-state index in [2.05, 4.69) is 26.3 Å². The Morgan fingerprint density at radius 1 is 1.25 bits per heavy atom. The quantitative estimate of drug-likeness (QED) is 0.560. The van der Waals surface area contributed by atoms with E-state index in [1.807, 2.05) is 18.2 Å². The minimum Gasteiger partial charge on any atom is -0.488 e. The zero-order chi connectivity index (χ0) is 22.8. The van der Waals surface area contributed by atoms with Crippen molar-refractivity contribution in [3.05, 3.63) is 69.6 Å². The molecule has 2 amide bonds. The maximum Gasteiger partial charge on any atom is 0.275 e. The van der Waals surface area contributed by atoms with Crippen molar-refractivity contribution in [3.63, 3.8) is 0 Å². The number of benzene rings is 2. The number of rotatable bonds is 6. The molecule has 3 aromatic rings. The van der Waals surface area contributed by atoms with Gasteiger partial charge < -0.3 is 15.0 Å². The fraction of sp³-hybridized carbons (Fsp3) is 0.261. The summed E-state index contributed by atoms with van der Waals surface area (Å²) < 4.78 is 21.8. The first-order valence-electron chi connectivity index (χ1n) is 10.1. The number of nitrogens with one attached hydrogen (secondary N) is 1. The minimum atomic E-state index is -0.342. The van der Waals surface area contributed by atoms with Crippen molar-refractivity contribution in [2.24, 2.45) is 7.05 Å². The molecule has 0 aliphatic carbocycles. The van der Waals surface area contributed by atoms with Crippen LogP contribution >= 0.6 is 15.9 Å². The summed E-state index contributed by atoms with van der Waals surface area (Å²) in [6.45, 7) is 2.49. The van der Waals surface area contributed by atoms with Crippen LogP contribution in [0.5, 0.6) is 5.75 Å². The highest BCUT2D eigenvalue weighted by atomic mass is 79.9. The summed E-state index contributed by atoms with van der Waals surface area (Å²) in [6, 6.07) is 11.7. The molecule has 2 heterocycles. The highest BCUT2D eigenvalue weighted by Crippen LogP contribution is 2.40. The standard InChI is InChI=1S/C23H22BrFN4O3/c1-14(30)26-9-10-29(12-15-3-6-17(25)7-4-15)23(31)21-19-13-32-20-8-5-16(24)11-18(20)22(19)28(2)27-21/h3-8,11H,9-10,12-13H2,1-2H3,(H,26,30). The van der Waals surface area contributed by atoms with Gasteiger partial charge >= 0.3 is 0 Å². The molecule has 32 heavy (non-hydrogen) atoms. The number of amides is 2. The molecular formula is C23H22BrFN4O3. The van der Waals surface area contributed by atoms with Crippen LogP contribution in [0.25, 0.3) is 11.3 Å². The van der Waals surface area contributed by atoms with E-state index in [4.69, 9.17) is 4.74 Å². The third-order valence-corrected chi connectivity index (χ3v) is 5.74. The van der Waals surface area contributed by atoms with Crippen LogP contribution < -0.4 is 10.1 Å². The highest BCUT2D eigenvalue weighted by Gasteiger charge is 2.30. The van der Waals surface area contributed by atoms with Crippen LogP contribution in [0, 0.1) is 5.82 Å².